The predicted octanol–water partition coefficient (Wildman–Crippen LogP) is 4.03. The van der Waals surface area contributed by atoms with Crippen LogP contribution in [0.4, 0.5) is 13.2 Å². The number of sulfone groups is 1. The predicted molar refractivity (Wildman–Crippen MR) is 91.8 cm³/mol. The van der Waals surface area contributed by atoms with E-state index in [4.69, 9.17) is 11.6 Å². The quantitative estimate of drug-likeness (QED) is 0.771. The molecule has 0 aromatic heterocycles. The molecule has 0 N–H and O–H groups in total. The van der Waals surface area contributed by atoms with Crippen molar-refractivity contribution in [3.05, 3.63) is 64.2 Å². The fourth-order valence-electron chi connectivity index (χ4n) is 2.29. The molecule has 26 heavy (non-hydrogen) atoms. The minimum absolute atomic E-state index is 0.00874. The molecule has 2 aromatic rings. The van der Waals surface area contributed by atoms with Gasteiger partial charge in [-0.3, -0.25) is 4.79 Å². The van der Waals surface area contributed by atoms with Gasteiger partial charge in [-0.25, -0.2) is 8.42 Å². The highest BCUT2D eigenvalue weighted by atomic mass is 35.5. The standard InChI is InChI=1S/C17H15ClF3NO3S/c1-22(10-11-3-6-13(7-4-11)17(19,20)21)16(23)12-5-8-14(18)15(9-12)26(2,24)25/h3-9H,10H2,1-2H3. The number of hydrogen-bond donors (Lipinski definition) is 0. The minimum atomic E-state index is -4.42. The Morgan fingerprint density at radius 2 is 1.69 bits per heavy atom. The van der Waals surface area contributed by atoms with Gasteiger partial charge < -0.3 is 4.90 Å². The SMILES string of the molecule is CN(Cc1ccc(C(F)(F)F)cc1)C(=O)c1ccc(Cl)c(S(C)(=O)=O)c1. The van der Waals surface area contributed by atoms with Crippen LogP contribution in [0, 0.1) is 0 Å². The zero-order valence-electron chi connectivity index (χ0n) is 13.8. The van der Waals surface area contributed by atoms with Gasteiger partial charge in [0.2, 0.25) is 0 Å². The Hall–Kier alpha value is -2.06. The van der Waals surface area contributed by atoms with E-state index in [9.17, 15) is 26.4 Å². The molecule has 9 heteroatoms. The van der Waals surface area contributed by atoms with Crippen molar-refractivity contribution in [2.24, 2.45) is 0 Å². The van der Waals surface area contributed by atoms with Gasteiger partial charge in [0.25, 0.3) is 5.91 Å². The first kappa shape index (κ1) is 20.3. The average Bonchev–Trinajstić information content (AvgIpc) is 2.53. The number of amides is 1. The zero-order valence-corrected chi connectivity index (χ0v) is 15.4. The maximum atomic E-state index is 12.6. The van der Waals surface area contributed by atoms with Crippen LogP contribution in [0.1, 0.15) is 21.5 Å². The third-order valence-electron chi connectivity index (χ3n) is 3.63. The molecule has 0 saturated carbocycles. The number of halogens is 4. The van der Waals surface area contributed by atoms with E-state index in [1.807, 2.05) is 0 Å². The van der Waals surface area contributed by atoms with Gasteiger partial charge in [0.1, 0.15) is 0 Å². The summed E-state index contributed by atoms with van der Waals surface area (Å²) >= 11 is 5.85. The Balaban J connectivity index is 2.20. The van der Waals surface area contributed by atoms with Crippen LogP contribution in [0.5, 0.6) is 0 Å². The summed E-state index contributed by atoms with van der Waals surface area (Å²) < 4.78 is 61.1. The first-order valence-electron chi connectivity index (χ1n) is 7.31. The van der Waals surface area contributed by atoms with Gasteiger partial charge in [-0.05, 0) is 35.9 Å². The average molecular weight is 406 g/mol. The fourth-order valence-corrected chi connectivity index (χ4v) is 3.59. The number of hydrogen-bond acceptors (Lipinski definition) is 3. The summed E-state index contributed by atoms with van der Waals surface area (Å²) in [7, 11) is -2.14. The molecule has 0 fully saturated rings. The van der Waals surface area contributed by atoms with E-state index < -0.39 is 27.5 Å². The smallest absolute Gasteiger partial charge is 0.337 e. The number of carbonyl (C=O) groups is 1. The third kappa shape index (κ3) is 4.76. The van der Waals surface area contributed by atoms with Gasteiger partial charge in [-0.1, -0.05) is 23.7 Å². The van der Waals surface area contributed by atoms with E-state index >= 15 is 0 Å². The van der Waals surface area contributed by atoms with Crippen LogP contribution in [-0.4, -0.2) is 32.5 Å². The highest BCUT2D eigenvalue weighted by molar-refractivity contribution is 7.90. The molecule has 0 saturated heterocycles. The van der Waals surface area contributed by atoms with Crippen molar-refractivity contribution in [1.82, 2.24) is 4.90 Å². The van der Waals surface area contributed by atoms with Crippen LogP contribution < -0.4 is 0 Å². The monoisotopic (exact) mass is 405 g/mol. The Bertz CT molecular complexity index is 925. The van der Waals surface area contributed by atoms with Gasteiger partial charge in [0.05, 0.1) is 15.5 Å². The van der Waals surface area contributed by atoms with Crippen molar-refractivity contribution in [3.63, 3.8) is 0 Å². The van der Waals surface area contributed by atoms with E-state index in [1.54, 1.807) is 0 Å². The molecular formula is C17H15ClF3NO3S. The normalized spacial score (nSPS) is 12.1. The molecular weight excluding hydrogens is 391 g/mol. The molecule has 0 unspecified atom stereocenters. The highest BCUT2D eigenvalue weighted by Crippen LogP contribution is 2.29. The topological polar surface area (TPSA) is 54.5 Å². The Morgan fingerprint density at radius 3 is 2.19 bits per heavy atom. The number of benzene rings is 2. The first-order chi connectivity index (χ1) is 11.9. The molecule has 2 aromatic carbocycles. The Kier molecular flexibility index (Phi) is 5.67. The minimum Gasteiger partial charge on any atom is -0.337 e. The molecule has 2 rings (SSSR count). The lowest BCUT2D eigenvalue weighted by atomic mass is 10.1. The second-order valence-electron chi connectivity index (χ2n) is 5.77. The van der Waals surface area contributed by atoms with Gasteiger partial charge in [0.15, 0.2) is 9.84 Å². The summed E-state index contributed by atoms with van der Waals surface area (Å²) in [5.74, 6) is -0.480. The van der Waals surface area contributed by atoms with Crippen molar-refractivity contribution in [1.29, 1.82) is 0 Å². The van der Waals surface area contributed by atoms with Crippen LogP contribution >= 0.6 is 11.6 Å². The fraction of sp³-hybridized carbons (Fsp3) is 0.235. The molecule has 1 amide bonds. The summed E-state index contributed by atoms with van der Waals surface area (Å²) in [6.07, 6.45) is -3.44. The maximum absolute atomic E-state index is 12.6. The van der Waals surface area contributed by atoms with Crippen LogP contribution in [0.2, 0.25) is 5.02 Å². The van der Waals surface area contributed by atoms with Crippen LogP contribution in [0.3, 0.4) is 0 Å². The maximum Gasteiger partial charge on any atom is 0.416 e. The van der Waals surface area contributed by atoms with E-state index in [-0.39, 0.29) is 22.0 Å². The largest absolute Gasteiger partial charge is 0.416 e. The van der Waals surface area contributed by atoms with E-state index in [0.29, 0.717) is 5.56 Å². The highest BCUT2D eigenvalue weighted by Gasteiger charge is 2.30. The van der Waals surface area contributed by atoms with E-state index in [2.05, 4.69) is 0 Å². The zero-order chi connectivity index (χ0) is 19.7. The first-order valence-corrected chi connectivity index (χ1v) is 9.58. The Labute approximate surface area is 154 Å². The lowest BCUT2D eigenvalue weighted by Gasteiger charge is -2.18. The molecule has 0 atom stereocenters. The summed E-state index contributed by atoms with van der Waals surface area (Å²) in [4.78, 5) is 13.6. The number of rotatable bonds is 4. The molecule has 4 nitrogen and oxygen atoms in total. The Morgan fingerprint density at radius 1 is 1.12 bits per heavy atom. The van der Waals surface area contributed by atoms with Crippen LogP contribution in [0.25, 0.3) is 0 Å². The van der Waals surface area contributed by atoms with Gasteiger partial charge >= 0.3 is 6.18 Å². The van der Waals surface area contributed by atoms with Crippen LogP contribution in [0.15, 0.2) is 47.4 Å². The molecule has 0 aliphatic carbocycles. The lowest BCUT2D eigenvalue weighted by Crippen LogP contribution is -2.26. The molecule has 0 bridgehead atoms. The second-order valence-corrected chi connectivity index (χ2v) is 8.16. The summed E-state index contributed by atoms with van der Waals surface area (Å²) in [5, 5.41) is 0.00874. The molecule has 0 heterocycles. The van der Waals surface area contributed by atoms with Crippen molar-refractivity contribution in [2.75, 3.05) is 13.3 Å². The van der Waals surface area contributed by atoms with Gasteiger partial charge in [0, 0.05) is 25.4 Å². The summed E-state index contributed by atoms with van der Waals surface area (Å²) in [6, 6.07) is 8.35. The van der Waals surface area contributed by atoms with Crippen molar-refractivity contribution in [2.45, 2.75) is 17.6 Å². The lowest BCUT2D eigenvalue weighted by molar-refractivity contribution is -0.137. The summed E-state index contributed by atoms with van der Waals surface area (Å²) in [6.45, 7) is 0.0633. The molecule has 0 radical (unpaired) electrons. The van der Waals surface area contributed by atoms with E-state index in [1.165, 1.54) is 42.3 Å². The van der Waals surface area contributed by atoms with Crippen molar-refractivity contribution >= 4 is 27.3 Å². The van der Waals surface area contributed by atoms with Crippen molar-refractivity contribution < 1.29 is 26.4 Å². The van der Waals surface area contributed by atoms with Gasteiger partial charge in [-0.2, -0.15) is 13.2 Å². The molecule has 0 spiro atoms. The van der Waals surface area contributed by atoms with Gasteiger partial charge in [-0.15, -0.1) is 0 Å². The number of carbonyl (C=O) groups excluding carboxylic acids is 1. The molecule has 0 aliphatic heterocycles. The third-order valence-corrected chi connectivity index (χ3v) is 5.20. The number of alkyl halides is 3. The molecule has 140 valence electrons. The van der Waals surface area contributed by atoms with Crippen LogP contribution in [-0.2, 0) is 22.6 Å². The van der Waals surface area contributed by atoms with Crippen molar-refractivity contribution in [3.8, 4) is 0 Å². The van der Waals surface area contributed by atoms with E-state index in [0.717, 1.165) is 18.4 Å². The number of nitrogens with zero attached hydrogens (tertiary/aromatic N) is 1. The second kappa shape index (κ2) is 7.28. The summed E-state index contributed by atoms with van der Waals surface area (Å²) in [5.41, 5.74) is -0.152. The molecule has 0 aliphatic rings.